The molecule has 6 nitrogen and oxygen atoms in total. The zero-order chi connectivity index (χ0) is 19.3. The van der Waals surface area contributed by atoms with Gasteiger partial charge in [0, 0.05) is 50.1 Å². The van der Waals surface area contributed by atoms with Crippen molar-refractivity contribution in [2.75, 3.05) is 0 Å². The quantitative estimate of drug-likeness (QED) is 0.868. The van der Waals surface area contributed by atoms with Gasteiger partial charge in [-0.05, 0) is 43.2 Å². The average Bonchev–Trinajstić information content (AvgIpc) is 3.17. The summed E-state index contributed by atoms with van der Waals surface area (Å²) in [5, 5.41) is 3.12. The molecule has 4 rings (SSSR count). The molecule has 28 heavy (non-hydrogen) atoms. The standard InChI is InChI=1S/C22H26N4O2/c27-21(10-9-20-13-23-11-12-24-20)25-19-7-5-16(6-8-19)22(28)26-14-17-3-1-2-4-18(17)15-26/h1-4,11-13,16,19H,5-10,14-15H2,(H,25,27). The molecule has 2 aliphatic rings. The molecule has 1 aromatic heterocycles. The molecule has 0 unspecified atom stereocenters. The van der Waals surface area contributed by atoms with Gasteiger partial charge in [-0.3, -0.25) is 19.6 Å². The van der Waals surface area contributed by atoms with E-state index < -0.39 is 0 Å². The molecular formula is C22H26N4O2. The molecule has 1 N–H and O–H groups in total. The highest BCUT2D eigenvalue weighted by molar-refractivity contribution is 5.80. The maximum atomic E-state index is 12.9. The third-order valence-electron chi connectivity index (χ3n) is 5.82. The van der Waals surface area contributed by atoms with E-state index >= 15 is 0 Å². The SMILES string of the molecule is O=C(CCc1cnccn1)NC1CCC(C(=O)N2Cc3ccccc3C2)CC1. The normalized spacial score (nSPS) is 21.2. The molecule has 1 aliphatic heterocycles. The largest absolute Gasteiger partial charge is 0.353 e. The van der Waals surface area contributed by atoms with Gasteiger partial charge in [-0.25, -0.2) is 0 Å². The van der Waals surface area contributed by atoms with Crippen molar-refractivity contribution >= 4 is 11.8 Å². The molecule has 1 aliphatic carbocycles. The first-order valence-electron chi connectivity index (χ1n) is 10.1. The van der Waals surface area contributed by atoms with Crippen molar-refractivity contribution in [1.82, 2.24) is 20.2 Å². The van der Waals surface area contributed by atoms with Crippen molar-refractivity contribution < 1.29 is 9.59 Å². The number of carbonyl (C=O) groups is 2. The fourth-order valence-corrected chi connectivity index (χ4v) is 4.23. The summed E-state index contributed by atoms with van der Waals surface area (Å²) in [6, 6.07) is 8.46. The number of hydrogen-bond acceptors (Lipinski definition) is 4. The predicted octanol–water partition coefficient (Wildman–Crippen LogP) is 2.63. The molecule has 6 heteroatoms. The Bertz CT molecular complexity index is 806. The van der Waals surface area contributed by atoms with Crippen LogP contribution >= 0.6 is 0 Å². The number of aromatic nitrogens is 2. The molecule has 0 atom stereocenters. The lowest BCUT2D eigenvalue weighted by atomic mass is 9.85. The van der Waals surface area contributed by atoms with E-state index in [9.17, 15) is 9.59 Å². The first kappa shape index (κ1) is 18.6. The van der Waals surface area contributed by atoms with Crippen LogP contribution in [-0.2, 0) is 29.1 Å². The van der Waals surface area contributed by atoms with Gasteiger partial charge in [-0.15, -0.1) is 0 Å². The molecular weight excluding hydrogens is 352 g/mol. The van der Waals surface area contributed by atoms with Crippen LogP contribution in [0.5, 0.6) is 0 Å². The highest BCUT2D eigenvalue weighted by Gasteiger charge is 2.32. The second kappa shape index (κ2) is 8.50. The number of benzene rings is 1. The number of carbonyl (C=O) groups excluding carboxylic acids is 2. The van der Waals surface area contributed by atoms with Gasteiger partial charge in [0.15, 0.2) is 0 Å². The Balaban J connectivity index is 1.20. The molecule has 1 saturated carbocycles. The molecule has 2 heterocycles. The summed E-state index contributed by atoms with van der Waals surface area (Å²) in [7, 11) is 0. The van der Waals surface area contributed by atoms with Crippen LogP contribution in [0, 0.1) is 5.92 Å². The Kier molecular flexibility index (Phi) is 5.65. The fraction of sp³-hybridized carbons (Fsp3) is 0.455. The first-order chi connectivity index (χ1) is 13.7. The minimum Gasteiger partial charge on any atom is -0.353 e. The minimum absolute atomic E-state index is 0.0513. The summed E-state index contributed by atoms with van der Waals surface area (Å²) < 4.78 is 0. The first-order valence-corrected chi connectivity index (χ1v) is 10.1. The second-order valence-electron chi connectivity index (χ2n) is 7.78. The van der Waals surface area contributed by atoms with E-state index in [1.165, 1.54) is 11.1 Å². The second-order valence-corrected chi connectivity index (χ2v) is 7.78. The van der Waals surface area contributed by atoms with Crippen molar-refractivity contribution in [3.63, 3.8) is 0 Å². The van der Waals surface area contributed by atoms with E-state index in [0.29, 0.717) is 12.8 Å². The highest BCUT2D eigenvalue weighted by atomic mass is 16.2. The van der Waals surface area contributed by atoms with E-state index in [2.05, 4.69) is 27.4 Å². The fourth-order valence-electron chi connectivity index (χ4n) is 4.23. The summed E-state index contributed by atoms with van der Waals surface area (Å²) in [6.45, 7) is 1.46. The van der Waals surface area contributed by atoms with Crippen molar-refractivity contribution in [2.45, 2.75) is 57.7 Å². The van der Waals surface area contributed by atoms with Crippen LogP contribution in [0.4, 0.5) is 0 Å². The van der Waals surface area contributed by atoms with Gasteiger partial charge in [0.25, 0.3) is 0 Å². The number of fused-ring (bicyclic) bond motifs is 1. The Hall–Kier alpha value is -2.76. The zero-order valence-corrected chi connectivity index (χ0v) is 16.0. The molecule has 0 spiro atoms. The number of hydrogen-bond donors (Lipinski definition) is 1. The van der Waals surface area contributed by atoms with Gasteiger partial charge in [0.1, 0.15) is 0 Å². The van der Waals surface area contributed by atoms with Gasteiger partial charge in [-0.1, -0.05) is 24.3 Å². The number of nitrogens with zero attached hydrogens (tertiary/aromatic N) is 3. The smallest absolute Gasteiger partial charge is 0.226 e. The lowest BCUT2D eigenvalue weighted by Gasteiger charge is -2.30. The molecule has 146 valence electrons. The van der Waals surface area contributed by atoms with Gasteiger partial charge in [0.05, 0.1) is 5.69 Å². The molecule has 1 fully saturated rings. The van der Waals surface area contributed by atoms with Crippen molar-refractivity contribution in [3.05, 3.63) is 59.7 Å². The average molecular weight is 378 g/mol. The van der Waals surface area contributed by atoms with Gasteiger partial charge < -0.3 is 10.2 Å². The van der Waals surface area contributed by atoms with E-state index in [1.807, 2.05) is 17.0 Å². The van der Waals surface area contributed by atoms with Crippen LogP contribution in [0.25, 0.3) is 0 Å². The van der Waals surface area contributed by atoms with Crippen LogP contribution in [0.15, 0.2) is 42.9 Å². The number of nitrogens with one attached hydrogen (secondary N) is 1. The zero-order valence-electron chi connectivity index (χ0n) is 16.0. The lowest BCUT2D eigenvalue weighted by Crippen LogP contribution is -2.41. The van der Waals surface area contributed by atoms with Crippen LogP contribution in [0.2, 0.25) is 0 Å². The summed E-state index contributed by atoms with van der Waals surface area (Å²) in [5.41, 5.74) is 3.36. The monoisotopic (exact) mass is 378 g/mol. The third kappa shape index (κ3) is 4.38. The van der Waals surface area contributed by atoms with E-state index in [0.717, 1.165) is 44.5 Å². The number of aryl methyl sites for hydroxylation is 1. The summed E-state index contributed by atoms with van der Waals surface area (Å²) >= 11 is 0. The van der Waals surface area contributed by atoms with Gasteiger partial charge in [-0.2, -0.15) is 0 Å². The molecule has 1 aromatic carbocycles. The summed E-state index contributed by atoms with van der Waals surface area (Å²) in [4.78, 5) is 35.3. The minimum atomic E-state index is 0.0513. The van der Waals surface area contributed by atoms with E-state index in [-0.39, 0.29) is 23.8 Å². The number of amides is 2. The lowest BCUT2D eigenvalue weighted by molar-refractivity contribution is -0.137. The van der Waals surface area contributed by atoms with Gasteiger partial charge in [0.2, 0.25) is 11.8 Å². The predicted molar refractivity (Wildman–Crippen MR) is 105 cm³/mol. The maximum absolute atomic E-state index is 12.9. The van der Waals surface area contributed by atoms with E-state index in [1.54, 1.807) is 18.6 Å². The van der Waals surface area contributed by atoms with Crippen molar-refractivity contribution in [2.24, 2.45) is 5.92 Å². The molecule has 2 aromatic rings. The Labute approximate surface area is 165 Å². The van der Waals surface area contributed by atoms with Gasteiger partial charge >= 0.3 is 0 Å². The third-order valence-corrected chi connectivity index (χ3v) is 5.82. The van der Waals surface area contributed by atoms with Crippen LogP contribution in [-0.4, -0.2) is 32.7 Å². The topological polar surface area (TPSA) is 75.2 Å². The number of rotatable bonds is 5. The Morgan fingerprint density at radius 1 is 1.04 bits per heavy atom. The Morgan fingerprint density at radius 3 is 2.39 bits per heavy atom. The van der Waals surface area contributed by atoms with E-state index in [4.69, 9.17) is 0 Å². The summed E-state index contributed by atoms with van der Waals surface area (Å²) in [6.07, 6.45) is 9.42. The molecule has 0 saturated heterocycles. The summed E-state index contributed by atoms with van der Waals surface area (Å²) in [5.74, 6) is 0.404. The molecule has 0 bridgehead atoms. The van der Waals surface area contributed by atoms with Crippen molar-refractivity contribution in [3.8, 4) is 0 Å². The Morgan fingerprint density at radius 2 is 1.75 bits per heavy atom. The molecule has 0 radical (unpaired) electrons. The van der Waals surface area contributed by atoms with Crippen LogP contribution in [0.3, 0.4) is 0 Å². The van der Waals surface area contributed by atoms with Crippen molar-refractivity contribution in [1.29, 1.82) is 0 Å². The highest BCUT2D eigenvalue weighted by Crippen LogP contribution is 2.30. The molecule has 2 amide bonds. The van der Waals surface area contributed by atoms with Crippen LogP contribution < -0.4 is 5.32 Å². The maximum Gasteiger partial charge on any atom is 0.226 e. The van der Waals surface area contributed by atoms with Crippen LogP contribution in [0.1, 0.15) is 48.9 Å².